The number of hydrogen-bond donors (Lipinski definition) is 0. The topological polar surface area (TPSA) is 31.4 Å². The van der Waals surface area contributed by atoms with Gasteiger partial charge in [0.2, 0.25) is 11.8 Å². The molecule has 0 aliphatic carbocycles. The van der Waals surface area contributed by atoms with Crippen molar-refractivity contribution in [1.82, 2.24) is 4.98 Å². The lowest BCUT2D eigenvalue weighted by Gasteiger charge is -2.05. The molecule has 0 saturated heterocycles. The maximum atomic E-state index is 5.21. The highest BCUT2D eigenvalue weighted by Gasteiger charge is 2.01. The van der Waals surface area contributed by atoms with Crippen molar-refractivity contribution in [2.45, 2.75) is 13.8 Å². The first-order chi connectivity index (χ1) is 5.77. The van der Waals surface area contributed by atoms with E-state index in [1.165, 1.54) is 0 Å². The summed E-state index contributed by atoms with van der Waals surface area (Å²) in [7, 11) is 1.60. The van der Waals surface area contributed by atoms with Crippen molar-refractivity contribution in [3.63, 3.8) is 0 Å². The lowest BCUT2D eigenvalue weighted by molar-refractivity contribution is 0.315. The van der Waals surface area contributed by atoms with Crippen LogP contribution in [0, 0.1) is 6.92 Å². The molecule has 3 nitrogen and oxygen atoms in total. The molecule has 0 amide bonds. The van der Waals surface area contributed by atoms with E-state index in [1.807, 2.05) is 26.0 Å². The summed E-state index contributed by atoms with van der Waals surface area (Å²) >= 11 is 0. The molecule has 0 aliphatic heterocycles. The predicted octanol–water partition coefficient (Wildman–Crippen LogP) is 1.80. The molecule has 1 rings (SSSR count). The van der Waals surface area contributed by atoms with Crippen molar-refractivity contribution in [3.8, 4) is 11.8 Å². The summed E-state index contributed by atoms with van der Waals surface area (Å²) < 4.78 is 10.3. The van der Waals surface area contributed by atoms with Crippen LogP contribution < -0.4 is 9.47 Å². The fraction of sp³-hybridized carbons (Fsp3) is 0.444. The van der Waals surface area contributed by atoms with E-state index in [2.05, 4.69) is 4.98 Å². The van der Waals surface area contributed by atoms with Gasteiger partial charge in [0, 0.05) is 11.6 Å². The summed E-state index contributed by atoms with van der Waals surface area (Å²) in [5, 5.41) is 0. The number of ether oxygens (including phenoxy) is 2. The zero-order valence-corrected chi connectivity index (χ0v) is 7.63. The van der Waals surface area contributed by atoms with Crippen molar-refractivity contribution in [1.29, 1.82) is 0 Å². The normalized spacial score (nSPS) is 9.58. The summed E-state index contributed by atoms with van der Waals surface area (Å²) in [6, 6.07) is 3.76. The van der Waals surface area contributed by atoms with Crippen LogP contribution in [0.25, 0.3) is 0 Å². The quantitative estimate of drug-likeness (QED) is 0.687. The Labute approximate surface area is 72.3 Å². The van der Waals surface area contributed by atoms with Crippen molar-refractivity contribution >= 4 is 0 Å². The Kier molecular flexibility index (Phi) is 2.91. The fourth-order valence-electron chi connectivity index (χ4n) is 0.928. The first kappa shape index (κ1) is 8.84. The molecular formula is C9H13NO2. The van der Waals surface area contributed by atoms with Crippen LogP contribution in [0.4, 0.5) is 0 Å². The number of methoxy groups -OCH3 is 1. The fourth-order valence-corrected chi connectivity index (χ4v) is 0.928. The van der Waals surface area contributed by atoms with Crippen LogP contribution in [0.1, 0.15) is 12.5 Å². The van der Waals surface area contributed by atoms with Gasteiger partial charge in [0.05, 0.1) is 13.7 Å². The second kappa shape index (κ2) is 3.95. The van der Waals surface area contributed by atoms with Gasteiger partial charge in [-0.1, -0.05) is 0 Å². The van der Waals surface area contributed by atoms with Gasteiger partial charge >= 0.3 is 0 Å². The Morgan fingerprint density at radius 3 is 2.75 bits per heavy atom. The summed E-state index contributed by atoms with van der Waals surface area (Å²) in [5.41, 5.74) is 1.01. The number of hydrogen-bond acceptors (Lipinski definition) is 3. The average Bonchev–Trinajstić information content (AvgIpc) is 2.09. The molecule has 1 heterocycles. The minimum atomic E-state index is 0.611. The summed E-state index contributed by atoms with van der Waals surface area (Å²) in [4.78, 5) is 4.14. The van der Waals surface area contributed by atoms with Crippen LogP contribution in [0.5, 0.6) is 11.8 Å². The minimum Gasteiger partial charge on any atom is -0.481 e. The molecule has 66 valence electrons. The van der Waals surface area contributed by atoms with Gasteiger partial charge in [-0.05, 0) is 19.9 Å². The smallest absolute Gasteiger partial charge is 0.219 e. The lowest BCUT2D eigenvalue weighted by Crippen LogP contribution is -1.97. The Bertz CT molecular complexity index is 261. The summed E-state index contributed by atoms with van der Waals surface area (Å²) in [6.45, 7) is 4.49. The van der Waals surface area contributed by atoms with Crippen molar-refractivity contribution in [3.05, 3.63) is 17.7 Å². The van der Waals surface area contributed by atoms with Crippen LogP contribution in [0.3, 0.4) is 0 Å². The van der Waals surface area contributed by atoms with Gasteiger partial charge in [-0.3, -0.25) is 0 Å². The Hall–Kier alpha value is -1.25. The van der Waals surface area contributed by atoms with Crippen LogP contribution >= 0.6 is 0 Å². The number of aromatic nitrogens is 1. The molecule has 0 fully saturated rings. The molecular weight excluding hydrogens is 154 g/mol. The molecule has 0 saturated carbocycles. The molecule has 0 spiro atoms. The monoisotopic (exact) mass is 167 g/mol. The molecule has 0 radical (unpaired) electrons. The Balaban J connectivity index is 2.89. The molecule has 0 atom stereocenters. The van der Waals surface area contributed by atoms with E-state index in [9.17, 15) is 0 Å². The molecule has 0 N–H and O–H groups in total. The molecule has 1 aromatic rings. The van der Waals surface area contributed by atoms with Crippen LogP contribution in [-0.4, -0.2) is 18.7 Å². The summed E-state index contributed by atoms with van der Waals surface area (Å²) in [6.07, 6.45) is 0. The van der Waals surface area contributed by atoms with Crippen LogP contribution in [-0.2, 0) is 0 Å². The standard InChI is InChI=1S/C9H13NO2/c1-4-12-8-6-5-7(2)9(10-8)11-3/h5-6H,4H2,1-3H3. The van der Waals surface area contributed by atoms with Crippen molar-refractivity contribution < 1.29 is 9.47 Å². The highest BCUT2D eigenvalue weighted by atomic mass is 16.5. The SMILES string of the molecule is CCOc1ccc(C)c(OC)n1. The molecule has 0 aromatic carbocycles. The van der Waals surface area contributed by atoms with Gasteiger partial charge in [-0.25, -0.2) is 0 Å². The van der Waals surface area contributed by atoms with E-state index < -0.39 is 0 Å². The van der Waals surface area contributed by atoms with E-state index in [1.54, 1.807) is 7.11 Å². The van der Waals surface area contributed by atoms with Crippen molar-refractivity contribution in [2.24, 2.45) is 0 Å². The highest BCUT2D eigenvalue weighted by Crippen LogP contribution is 2.18. The third kappa shape index (κ3) is 1.87. The first-order valence-corrected chi connectivity index (χ1v) is 3.92. The molecule has 0 unspecified atom stereocenters. The van der Waals surface area contributed by atoms with E-state index in [-0.39, 0.29) is 0 Å². The van der Waals surface area contributed by atoms with E-state index in [0.29, 0.717) is 18.4 Å². The molecule has 12 heavy (non-hydrogen) atoms. The largest absolute Gasteiger partial charge is 0.481 e. The van der Waals surface area contributed by atoms with Gasteiger partial charge < -0.3 is 9.47 Å². The predicted molar refractivity (Wildman–Crippen MR) is 46.7 cm³/mol. The third-order valence-electron chi connectivity index (χ3n) is 1.51. The first-order valence-electron chi connectivity index (χ1n) is 3.92. The second-order valence-corrected chi connectivity index (χ2v) is 2.41. The van der Waals surface area contributed by atoms with E-state index in [0.717, 1.165) is 5.56 Å². The Morgan fingerprint density at radius 1 is 1.42 bits per heavy atom. The number of nitrogens with zero attached hydrogens (tertiary/aromatic N) is 1. The molecule has 0 bridgehead atoms. The Morgan fingerprint density at radius 2 is 2.17 bits per heavy atom. The highest BCUT2D eigenvalue weighted by molar-refractivity contribution is 5.29. The molecule has 0 aliphatic rings. The maximum Gasteiger partial charge on any atom is 0.219 e. The minimum absolute atomic E-state index is 0.611. The maximum absolute atomic E-state index is 5.21. The zero-order valence-electron chi connectivity index (χ0n) is 7.63. The second-order valence-electron chi connectivity index (χ2n) is 2.41. The number of aryl methyl sites for hydroxylation is 1. The zero-order chi connectivity index (χ0) is 8.97. The molecule has 1 aromatic heterocycles. The lowest BCUT2D eigenvalue weighted by atomic mass is 10.3. The van der Waals surface area contributed by atoms with Gasteiger partial charge in [-0.15, -0.1) is 0 Å². The van der Waals surface area contributed by atoms with Crippen LogP contribution in [0.2, 0.25) is 0 Å². The number of rotatable bonds is 3. The van der Waals surface area contributed by atoms with Crippen molar-refractivity contribution in [2.75, 3.05) is 13.7 Å². The summed E-state index contributed by atoms with van der Waals surface area (Å²) in [5.74, 6) is 1.24. The van der Waals surface area contributed by atoms with E-state index >= 15 is 0 Å². The van der Waals surface area contributed by atoms with Gasteiger partial charge in [-0.2, -0.15) is 4.98 Å². The molecule has 3 heteroatoms. The third-order valence-corrected chi connectivity index (χ3v) is 1.51. The van der Waals surface area contributed by atoms with Gasteiger partial charge in [0.25, 0.3) is 0 Å². The van der Waals surface area contributed by atoms with E-state index in [4.69, 9.17) is 9.47 Å². The van der Waals surface area contributed by atoms with Gasteiger partial charge in [0.1, 0.15) is 0 Å². The van der Waals surface area contributed by atoms with Crippen LogP contribution in [0.15, 0.2) is 12.1 Å². The van der Waals surface area contributed by atoms with Gasteiger partial charge in [0.15, 0.2) is 0 Å². The number of pyridine rings is 1. The average molecular weight is 167 g/mol.